The summed E-state index contributed by atoms with van der Waals surface area (Å²) in [6, 6.07) is 14.3. The zero-order chi connectivity index (χ0) is 20.0. The molecule has 3 aromatic rings. The minimum Gasteiger partial charge on any atom is -0.454 e. The van der Waals surface area contributed by atoms with Crippen molar-refractivity contribution < 1.29 is 14.3 Å². The lowest BCUT2D eigenvalue weighted by molar-refractivity contribution is 0.0619. The summed E-state index contributed by atoms with van der Waals surface area (Å²) in [4.78, 5) is 17.6. The van der Waals surface area contributed by atoms with Crippen molar-refractivity contribution in [2.24, 2.45) is 7.05 Å². The van der Waals surface area contributed by atoms with Gasteiger partial charge in [-0.15, -0.1) is 0 Å². The lowest BCUT2D eigenvalue weighted by atomic mass is 10.1. The highest BCUT2D eigenvalue weighted by molar-refractivity contribution is 6.01. The highest BCUT2D eigenvalue weighted by Crippen LogP contribution is 2.33. The van der Waals surface area contributed by atoms with Gasteiger partial charge in [0.15, 0.2) is 11.5 Å². The Morgan fingerprint density at radius 1 is 1.00 bits per heavy atom. The molecule has 6 nitrogen and oxygen atoms in total. The van der Waals surface area contributed by atoms with Gasteiger partial charge in [0.05, 0.1) is 0 Å². The summed E-state index contributed by atoms with van der Waals surface area (Å²) in [5, 5.41) is 1.15. The van der Waals surface area contributed by atoms with Gasteiger partial charge < -0.3 is 18.9 Å². The number of amides is 1. The summed E-state index contributed by atoms with van der Waals surface area (Å²) in [5.41, 5.74) is 4.18. The van der Waals surface area contributed by atoms with Crippen LogP contribution in [0.1, 0.15) is 21.6 Å². The van der Waals surface area contributed by atoms with E-state index in [1.165, 1.54) is 5.56 Å². The number of piperazine rings is 1. The zero-order valence-electron chi connectivity index (χ0n) is 16.9. The van der Waals surface area contributed by atoms with Crippen LogP contribution in [0.5, 0.6) is 11.5 Å². The van der Waals surface area contributed by atoms with Crippen LogP contribution >= 0.6 is 0 Å². The van der Waals surface area contributed by atoms with Gasteiger partial charge in [0.25, 0.3) is 5.91 Å². The summed E-state index contributed by atoms with van der Waals surface area (Å²) in [5.74, 6) is 1.76. The van der Waals surface area contributed by atoms with E-state index in [0.29, 0.717) is 6.79 Å². The summed E-state index contributed by atoms with van der Waals surface area (Å²) >= 11 is 0. The maximum absolute atomic E-state index is 13.3. The van der Waals surface area contributed by atoms with Crippen molar-refractivity contribution in [2.75, 3.05) is 33.0 Å². The number of aromatic nitrogens is 1. The molecule has 6 heteroatoms. The van der Waals surface area contributed by atoms with Crippen molar-refractivity contribution in [3.05, 3.63) is 59.3 Å². The third-order valence-corrected chi connectivity index (χ3v) is 6.07. The van der Waals surface area contributed by atoms with Crippen molar-refractivity contribution >= 4 is 16.8 Å². The lowest BCUT2D eigenvalue weighted by Gasteiger charge is -2.35. The molecule has 0 radical (unpaired) electrons. The molecule has 0 spiro atoms. The summed E-state index contributed by atoms with van der Waals surface area (Å²) in [6.07, 6.45) is 0. The van der Waals surface area contributed by atoms with Crippen LogP contribution in [0.2, 0.25) is 0 Å². The fourth-order valence-electron chi connectivity index (χ4n) is 4.44. The predicted octanol–water partition coefficient (Wildman–Crippen LogP) is 3.17. The molecule has 0 N–H and O–H groups in total. The molecule has 2 aromatic carbocycles. The van der Waals surface area contributed by atoms with E-state index < -0.39 is 0 Å². The van der Waals surface area contributed by atoms with Crippen molar-refractivity contribution in [2.45, 2.75) is 13.5 Å². The molecule has 1 fully saturated rings. The van der Waals surface area contributed by atoms with Gasteiger partial charge in [0.2, 0.25) is 6.79 Å². The van der Waals surface area contributed by atoms with Crippen LogP contribution in [-0.2, 0) is 13.6 Å². The Hall–Kier alpha value is -2.99. The Labute approximate surface area is 170 Å². The molecule has 0 saturated carbocycles. The standard InChI is InChI=1S/C23H25N3O3/c1-16-18-5-3-4-6-19(18)24(2)22(16)23(27)26-11-9-25(10-12-26)14-17-7-8-20-21(13-17)29-15-28-20/h3-8,13H,9-12,14-15H2,1-2H3. The van der Waals surface area contributed by atoms with E-state index in [1.807, 2.05) is 41.6 Å². The number of hydrogen-bond donors (Lipinski definition) is 0. The van der Waals surface area contributed by atoms with Gasteiger partial charge in [0.1, 0.15) is 5.69 Å². The zero-order valence-corrected chi connectivity index (χ0v) is 16.9. The summed E-state index contributed by atoms with van der Waals surface area (Å²) in [6.45, 7) is 6.41. The van der Waals surface area contributed by atoms with E-state index >= 15 is 0 Å². The van der Waals surface area contributed by atoms with Gasteiger partial charge in [-0.1, -0.05) is 24.3 Å². The minimum atomic E-state index is 0.129. The number of hydrogen-bond acceptors (Lipinski definition) is 4. The van der Waals surface area contributed by atoms with E-state index in [0.717, 1.165) is 66.4 Å². The van der Waals surface area contributed by atoms with Gasteiger partial charge >= 0.3 is 0 Å². The Kier molecular flexibility index (Phi) is 4.43. The first-order valence-electron chi connectivity index (χ1n) is 10.1. The number of benzene rings is 2. The molecule has 0 atom stereocenters. The summed E-state index contributed by atoms with van der Waals surface area (Å²) in [7, 11) is 1.98. The molecule has 0 aliphatic carbocycles. The first-order valence-corrected chi connectivity index (χ1v) is 10.1. The topological polar surface area (TPSA) is 46.9 Å². The van der Waals surface area contributed by atoms with Crippen LogP contribution in [0.15, 0.2) is 42.5 Å². The van der Waals surface area contributed by atoms with Crippen LogP contribution in [0.25, 0.3) is 10.9 Å². The van der Waals surface area contributed by atoms with Gasteiger partial charge in [-0.05, 0) is 36.2 Å². The van der Waals surface area contributed by atoms with Crippen molar-refractivity contribution in [3.63, 3.8) is 0 Å². The maximum Gasteiger partial charge on any atom is 0.270 e. The highest BCUT2D eigenvalue weighted by Gasteiger charge is 2.26. The molecule has 1 aromatic heterocycles. The van der Waals surface area contributed by atoms with Crippen LogP contribution in [0, 0.1) is 6.92 Å². The van der Waals surface area contributed by atoms with E-state index in [4.69, 9.17) is 9.47 Å². The number of para-hydroxylation sites is 1. The van der Waals surface area contributed by atoms with Crippen molar-refractivity contribution in [1.82, 2.24) is 14.4 Å². The summed E-state index contributed by atoms with van der Waals surface area (Å²) < 4.78 is 12.9. The Morgan fingerprint density at radius 3 is 2.55 bits per heavy atom. The normalized spacial score (nSPS) is 16.6. The second kappa shape index (κ2) is 7.12. The average Bonchev–Trinajstić information content (AvgIpc) is 3.31. The number of ether oxygens (including phenoxy) is 2. The molecule has 150 valence electrons. The number of fused-ring (bicyclic) bond motifs is 2. The van der Waals surface area contributed by atoms with Crippen LogP contribution in [0.3, 0.4) is 0 Å². The number of rotatable bonds is 3. The third kappa shape index (κ3) is 3.13. The number of carbonyl (C=O) groups excluding carboxylic acids is 1. The molecule has 1 saturated heterocycles. The Morgan fingerprint density at radius 2 is 1.76 bits per heavy atom. The lowest BCUT2D eigenvalue weighted by Crippen LogP contribution is -2.48. The molecule has 29 heavy (non-hydrogen) atoms. The largest absolute Gasteiger partial charge is 0.454 e. The van der Waals surface area contributed by atoms with Gasteiger partial charge in [-0.2, -0.15) is 0 Å². The quantitative estimate of drug-likeness (QED) is 0.688. The molecule has 3 heterocycles. The first kappa shape index (κ1) is 18.1. The second-order valence-electron chi connectivity index (χ2n) is 7.81. The smallest absolute Gasteiger partial charge is 0.270 e. The van der Waals surface area contributed by atoms with Crippen LogP contribution < -0.4 is 9.47 Å². The molecule has 0 unspecified atom stereocenters. The van der Waals surface area contributed by atoms with Crippen LogP contribution in [-0.4, -0.2) is 53.2 Å². The predicted molar refractivity (Wildman–Crippen MR) is 111 cm³/mol. The minimum absolute atomic E-state index is 0.129. The van der Waals surface area contributed by atoms with Gasteiger partial charge in [-0.3, -0.25) is 9.69 Å². The Bertz CT molecular complexity index is 1040. The van der Waals surface area contributed by atoms with Gasteiger partial charge in [0, 0.05) is 50.7 Å². The fraction of sp³-hybridized carbons (Fsp3) is 0.348. The second-order valence-corrected chi connectivity index (χ2v) is 7.81. The number of carbonyl (C=O) groups is 1. The Balaban J connectivity index is 1.27. The molecular formula is C23H25N3O3. The van der Waals surface area contributed by atoms with Gasteiger partial charge in [-0.25, -0.2) is 0 Å². The molecular weight excluding hydrogens is 366 g/mol. The fourth-order valence-corrected chi connectivity index (χ4v) is 4.44. The number of nitrogens with zero attached hydrogens (tertiary/aromatic N) is 3. The monoisotopic (exact) mass is 391 g/mol. The first-order chi connectivity index (χ1) is 14.1. The van der Waals surface area contributed by atoms with E-state index in [-0.39, 0.29) is 5.91 Å². The molecule has 2 aliphatic rings. The van der Waals surface area contributed by atoms with E-state index in [9.17, 15) is 4.79 Å². The SMILES string of the molecule is Cc1c(C(=O)N2CCN(Cc3ccc4c(c3)OCO4)CC2)n(C)c2ccccc12. The van der Waals surface area contributed by atoms with E-state index in [1.54, 1.807) is 0 Å². The molecule has 2 aliphatic heterocycles. The molecule has 0 bridgehead atoms. The molecule has 1 amide bonds. The molecule has 5 rings (SSSR count). The van der Waals surface area contributed by atoms with Crippen LogP contribution in [0.4, 0.5) is 0 Å². The van der Waals surface area contributed by atoms with E-state index in [2.05, 4.69) is 29.2 Å². The highest BCUT2D eigenvalue weighted by atomic mass is 16.7. The number of aryl methyl sites for hydroxylation is 2. The maximum atomic E-state index is 13.3. The third-order valence-electron chi connectivity index (χ3n) is 6.07. The van der Waals surface area contributed by atoms with Crippen molar-refractivity contribution in [1.29, 1.82) is 0 Å². The van der Waals surface area contributed by atoms with Crippen molar-refractivity contribution in [3.8, 4) is 11.5 Å². The average molecular weight is 391 g/mol.